The van der Waals surface area contributed by atoms with E-state index in [-0.39, 0.29) is 12.5 Å². The van der Waals surface area contributed by atoms with Gasteiger partial charge in [0, 0.05) is 6.54 Å². The van der Waals surface area contributed by atoms with Crippen molar-refractivity contribution in [1.29, 1.82) is 0 Å². The maximum Gasteiger partial charge on any atom is 0.420 e. The predicted octanol–water partition coefficient (Wildman–Crippen LogP) is 0.859. The zero-order chi connectivity index (χ0) is 14.3. The Labute approximate surface area is 108 Å². The van der Waals surface area contributed by atoms with E-state index >= 15 is 0 Å². The van der Waals surface area contributed by atoms with E-state index in [9.17, 15) is 22.8 Å². The number of rotatable bonds is 2. The lowest BCUT2D eigenvalue weighted by atomic mass is 9.98. The van der Waals surface area contributed by atoms with Gasteiger partial charge in [-0.05, 0) is 38.8 Å². The quantitative estimate of drug-likeness (QED) is 0.737. The minimum atomic E-state index is -4.79. The third-order valence-electron chi connectivity index (χ3n) is 3.68. The van der Waals surface area contributed by atoms with Gasteiger partial charge in [-0.1, -0.05) is 0 Å². The number of hydrogen-bond donors (Lipinski definition) is 2. The molecule has 2 heterocycles. The molecule has 0 aromatic rings. The number of carbonyl (C=O) groups is 2. The van der Waals surface area contributed by atoms with Crippen molar-refractivity contribution in [3.05, 3.63) is 0 Å². The zero-order valence-electron chi connectivity index (χ0n) is 10.5. The topological polar surface area (TPSA) is 61.4 Å². The number of amides is 3. The van der Waals surface area contributed by atoms with Crippen molar-refractivity contribution in [2.75, 3.05) is 19.6 Å². The Morgan fingerprint density at radius 1 is 1.42 bits per heavy atom. The third-order valence-corrected chi connectivity index (χ3v) is 3.68. The lowest BCUT2D eigenvalue weighted by Crippen LogP contribution is -2.56. The van der Waals surface area contributed by atoms with Crippen LogP contribution in [0.25, 0.3) is 0 Å². The smallest absolute Gasteiger partial charge is 0.316 e. The van der Waals surface area contributed by atoms with Gasteiger partial charge >= 0.3 is 12.2 Å². The van der Waals surface area contributed by atoms with Crippen LogP contribution in [-0.2, 0) is 4.79 Å². The summed E-state index contributed by atoms with van der Waals surface area (Å²) >= 11 is 0. The molecular weight excluding hydrogens is 263 g/mol. The van der Waals surface area contributed by atoms with E-state index in [0.717, 1.165) is 19.4 Å². The van der Waals surface area contributed by atoms with Crippen LogP contribution in [0.3, 0.4) is 0 Å². The first-order chi connectivity index (χ1) is 8.75. The first-order valence-electron chi connectivity index (χ1n) is 6.17. The molecule has 2 fully saturated rings. The van der Waals surface area contributed by atoms with Gasteiger partial charge in [-0.2, -0.15) is 13.2 Å². The number of imide groups is 1. The van der Waals surface area contributed by atoms with Crippen LogP contribution in [0.15, 0.2) is 0 Å². The summed E-state index contributed by atoms with van der Waals surface area (Å²) in [5.41, 5.74) is -2.80. The van der Waals surface area contributed by atoms with Gasteiger partial charge in [0.15, 0.2) is 0 Å². The van der Waals surface area contributed by atoms with Crippen molar-refractivity contribution in [2.24, 2.45) is 5.92 Å². The molecule has 2 unspecified atom stereocenters. The average Bonchev–Trinajstić information content (AvgIpc) is 2.55. The number of halogens is 3. The van der Waals surface area contributed by atoms with Gasteiger partial charge in [-0.3, -0.25) is 9.69 Å². The summed E-state index contributed by atoms with van der Waals surface area (Å²) in [4.78, 5) is 24.1. The number of nitrogens with one attached hydrogen (secondary N) is 2. The number of alkyl halides is 3. The van der Waals surface area contributed by atoms with Crippen LogP contribution in [0.1, 0.15) is 19.8 Å². The fourth-order valence-corrected chi connectivity index (χ4v) is 2.39. The second-order valence-corrected chi connectivity index (χ2v) is 5.18. The van der Waals surface area contributed by atoms with Crippen molar-refractivity contribution in [2.45, 2.75) is 31.5 Å². The molecule has 2 N–H and O–H groups in total. The van der Waals surface area contributed by atoms with Crippen molar-refractivity contribution in [3.63, 3.8) is 0 Å². The van der Waals surface area contributed by atoms with Crippen LogP contribution in [0.5, 0.6) is 0 Å². The van der Waals surface area contributed by atoms with Gasteiger partial charge in [-0.15, -0.1) is 0 Å². The van der Waals surface area contributed by atoms with E-state index in [4.69, 9.17) is 0 Å². The molecule has 0 bridgehead atoms. The monoisotopic (exact) mass is 279 g/mol. The molecule has 8 heteroatoms. The fraction of sp³-hybridized carbons (Fsp3) is 0.818. The molecule has 0 saturated carbocycles. The highest BCUT2D eigenvalue weighted by Gasteiger charge is 2.64. The van der Waals surface area contributed by atoms with Gasteiger partial charge < -0.3 is 10.6 Å². The normalized spacial score (nSPS) is 32.6. The molecule has 2 rings (SSSR count). The summed E-state index contributed by atoms with van der Waals surface area (Å²) in [5.74, 6) is -1.20. The number of hydrogen-bond acceptors (Lipinski definition) is 3. The molecule has 0 aromatic heterocycles. The third kappa shape index (κ3) is 2.41. The largest absolute Gasteiger partial charge is 0.420 e. The minimum absolute atomic E-state index is 0.0130. The van der Waals surface area contributed by atoms with E-state index in [2.05, 4.69) is 5.32 Å². The van der Waals surface area contributed by atoms with E-state index in [1.54, 1.807) is 5.32 Å². The fourth-order valence-electron chi connectivity index (χ4n) is 2.39. The minimum Gasteiger partial charge on any atom is -0.316 e. The number of piperidine rings is 1. The highest BCUT2D eigenvalue weighted by atomic mass is 19.4. The second kappa shape index (κ2) is 4.66. The van der Waals surface area contributed by atoms with Gasteiger partial charge in [0.2, 0.25) is 5.54 Å². The summed E-state index contributed by atoms with van der Waals surface area (Å²) < 4.78 is 38.5. The zero-order valence-corrected chi connectivity index (χ0v) is 10.5. The Balaban J connectivity index is 2.10. The Kier molecular flexibility index (Phi) is 3.46. The van der Waals surface area contributed by atoms with Crippen LogP contribution < -0.4 is 10.6 Å². The first-order valence-corrected chi connectivity index (χ1v) is 6.17. The molecule has 0 spiro atoms. The summed E-state index contributed by atoms with van der Waals surface area (Å²) in [6, 6.07) is -0.963. The maximum atomic E-state index is 12.8. The van der Waals surface area contributed by atoms with Crippen molar-refractivity contribution in [3.8, 4) is 0 Å². The molecule has 0 aliphatic carbocycles. The van der Waals surface area contributed by atoms with E-state index in [1.807, 2.05) is 0 Å². The molecule has 3 amide bonds. The lowest BCUT2D eigenvalue weighted by molar-refractivity contribution is -0.191. The van der Waals surface area contributed by atoms with Crippen molar-refractivity contribution >= 4 is 11.9 Å². The molecule has 108 valence electrons. The van der Waals surface area contributed by atoms with Crippen molar-refractivity contribution < 1.29 is 22.8 Å². The maximum absolute atomic E-state index is 12.8. The average molecular weight is 279 g/mol. The summed E-state index contributed by atoms with van der Waals surface area (Å²) in [6.07, 6.45) is -3.10. The Morgan fingerprint density at radius 2 is 2.11 bits per heavy atom. The molecule has 0 aromatic carbocycles. The predicted molar refractivity (Wildman–Crippen MR) is 60.3 cm³/mol. The van der Waals surface area contributed by atoms with Gasteiger partial charge in [0.1, 0.15) is 0 Å². The molecular formula is C11H16F3N3O2. The number of nitrogens with zero attached hydrogens (tertiary/aromatic N) is 1. The molecule has 2 atom stereocenters. The second-order valence-electron chi connectivity index (χ2n) is 5.18. The Bertz CT molecular complexity index is 393. The van der Waals surface area contributed by atoms with Crippen LogP contribution in [0.2, 0.25) is 0 Å². The van der Waals surface area contributed by atoms with Gasteiger partial charge in [0.25, 0.3) is 5.91 Å². The molecule has 19 heavy (non-hydrogen) atoms. The summed E-state index contributed by atoms with van der Waals surface area (Å²) in [5, 5.41) is 4.85. The molecule has 2 saturated heterocycles. The van der Waals surface area contributed by atoms with E-state index < -0.39 is 23.7 Å². The highest BCUT2D eigenvalue weighted by molar-refractivity contribution is 6.07. The SMILES string of the molecule is CC1(C(F)(F)F)NC(=O)N(CC2CCCNC2)C1=O. The first kappa shape index (κ1) is 14.1. The van der Waals surface area contributed by atoms with E-state index in [0.29, 0.717) is 18.4 Å². The number of urea groups is 1. The summed E-state index contributed by atoms with van der Waals surface area (Å²) in [7, 11) is 0. The molecule has 2 aliphatic heterocycles. The van der Waals surface area contributed by atoms with Gasteiger partial charge in [0.05, 0.1) is 0 Å². The standard InChI is InChI=1S/C11H16F3N3O2/c1-10(11(12,13)14)8(18)17(9(19)16-10)6-7-3-2-4-15-5-7/h7,15H,2-6H2,1H3,(H,16,19). The Hall–Kier alpha value is -1.31. The molecule has 5 nitrogen and oxygen atoms in total. The molecule has 0 radical (unpaired) electrons. The van der Waals surface area contributed by atoms with Crippen molar-refractivity contribution in [1.82, 2.24) is 15.5 Å². The van der Waals surface area contributed by atoms with Crippen LogP contribution in [0, 0.1) is 5.92 Å². The number of carbonyl (C=O) groups excluding carboxylic acids is 2. The van der Waals surface area contributed by atoms with E-state index in [1.165, 1.54) is 0 Å². The highest BCUT2D eigenvalue weighted by Crippen LogP contribution is 2.35. The lowest BCUT2D eigenvalue weighted by Gasteiger charge is -2.27. The summed E-state index contributed by atoms with van der Waals surface area (Å²) in [6.45, 7) is 2.20. The van der Waals surface area contributed by atoms with Crippen LogP contribution in [0.4, 0.5) is 18.0 Å². The van der Waals surface area contributed by atoms with Gasteiger partial charge in [-0.25, -0.2) is 4.79 Å². The van der Waals surface area contributed by atoms with Crippen LogP contribution >= 0.6 is 0 Å². The molecule has 2 aliphatic rings. The van der Waals surface area contributed by atoms with Crippen LogP contribution in [-0.4, -0.2) is 48.2 Å². The Morgan fingerprint density at radius 3 is 2.58 bits per heavy atom.